The van der Waals surface area contributed by atoms with E-state index in [1.165, 1.54) is 4.57 Å². The molecule has 1 aromatic heterocycles. The largest absolute Gasteiger partial charge is 0.480 e. The monoisotopic (exact) mass is 252 g/mol. The molecule has 0 radical (unpaired) electrons. The fraction of sp³-hybridized carbons (Fsp3) is 0.538. The fourth-order valence-electron chi connectivity index (χ4n) is 1.58. The Hall–Kier alpha value is -1.78. The van der Waals surface area contributed by atoms with Crippen molar-refractivity contribution in [1.29, 1.82) is 0 Å². The second kappa shape index (κ2) is 5.25. The first-order valence-electron chi connectivity index (χ1n) is 5.94. The van der Waals surface area contributed by atoms with Gasteiger partial charge in [0.05, 0.1) is 0 Å². The highest BCUT2D eigenvalue weighted by molar-refractivity contribution is 5.93. The molecule has 0 aromatic carbocycles. The molecule has 1 amide bonds. The molecule has 1 aromatic rings. The van der Waals surface area contributed by atoms with Crippen LogP contribution in [0.4, 0.5) is 0 Å². The van der Waals surface area contributed by atoms with E-state index in [1.807, 2.05) is 20.8 Å². The van der Waals surface area contributed by atoms with Gasteiger partial charge in [0.1, 0.15) is 12.2 Å². The van der Waals surface area contributed by atoms with Crippen LogP contribution in [0.1, 0.15) is 37.7 Å². The van der Waals surface area contributed by atoms with Crippen LogP contribution in [-0.4, -0.2) is 39.0 Å². The van der Waals surface area contributed by atoms with E-state index in [-0.39, 0.29) is 18.0 Å². The maximum absolute atomic E-state index is 12.3. The summed E-state index contributed by atoms with van der Waals surface area (Å²) in [6.45, 7) is 5.78. The van der Waals surface area contributed by atoms with Gasteiger partial charge in [-0.15, -0.1) is 0 Å². The minimum absolute atomic E-state index is 0.159. The van der Waals surface area contributed by atoms with Crippen molar-refractivity contribution in [2.75, 3.05) is 7.05 Å². The van der Waals surface area contributed by atoms with Crippen molar-refractivity contribution in [3.63, 3.8) is 0 Å². The molecule has 1 N–H and O–H groups in total. The summed E-state index contributed by atoms with van der Waals surface area (Å²) in [4.78, 5) is 24.7. The molecule has 0 bridgehead atoms. The Labute approximate surface area is 107 Å². The van der Waals surface area contributed by atoms with Crippen LogP contribution in [0, 0.1) is 0 Å². The number of hydrogen-bond acceptors (Lipinski definition) is 2. The van der Waals surface area contributed by atoms with Crippen LogP contribution in [0.2, 0.25) is 0 Å². The fourth-order valence-corrected chi connectivity index (χ4v) is 1.58. The number of hydrogen-bond donors (Lipinski definition) is 1. The molecule has 5 heteroatoms. The molecule has 1 rings (SSSR count). The van der Waals surface area contributed by atoms with Crippen LogP contribution in [0.15, 0.2) is 18.3 Å². The van der Waals surface area contributed by atoms with Gasteiger partial charge in [-0.05, 0) is 32.4 Å². The number of carbonyl (C=O) groups excluding carboxylic acids is 1. The Morgan fingerprint density at radius 2 is 2.06 bits per heavy atom. The van der Waals surface area contributed by atoms with Gasteiger partial charge in [0.15, 0.2) is 0 Å². The van der Waals surface area contributed by atoms with Gasteiger partial charge in [0.25, 0.3) is 5.91 Å². The summed E-state index contributed by atoms with van der Waals surface area (Å²) in [5, 5.41) is 8.79. The number of carboxylic acid groups (broad SMARTS) is 1. The lowest BCUT2D eigenvalue weighted by Crippen LogP contribution is -2.45. The molecule has 0 fully saturated rings. The molecule has 5 nitrogen and oxygen atoms in total. The summed E-state index contributed by atoms with van der Waals surface area (Å²) in [5.41, 5.74) is 0.150. The molecular weight excluding hydrogens is 232 g/mol. The Bertz CT molecular complexity index is 449. The van der Waals surface area contributed by atoms with Gasteiger partial charge in [-0.25, -0.2) is 0 Å². The molecule has 0 aliphatic carbocycles. The lowest BCUT2D eigenvalue weighted by atomic mass is 9.99. The van der Waals surface area contributed by atoms with E-state index in [0.29, 0.717) is 5.69 Å². The molecule has 100 valence electrons. The highest BCUT2D eigenvalue weighted by Gasteiger charge is 2.28. The summed E-state index contributed by atoms with van der Waals surface area (Å²) >= 11 is 0. The van der Waals surface area contributed by atoms with E-state index in [2.05, 4.69) is 0 Å². The third kappa shape index (κ3) is 2.91. The molecular formula is C13H20N2O3. The Morgan fingerprint density at radius 1 is 1.44 bits per heavy atom. The van der Waals surface area contributed by atoms with E-state index in [1.54, 1.807) is 30.3 Å². The van der Waals surface area contributed by atoms with Gasteiger partial charge in [0, 0.05) is 18.8 Å². The van der Waals surface area contributed by atoms with Crippen molar-refractivity contribution in [3.8, 4) is 0 Å². The number of aliphatic carboxylic acids is 1. The average molecular weight is 252 g/mol. The van der Waals surface area contributed by atoms with Gasteiger partial charge < -0.3 is 14.6 Å². The molecule has 0 saturated carbocycles. The molecule has 0 atom stereocenters. The zero-order valence-electron chi connectivity index (χ0n) is 11.3. The number of carbonyl (C=O) groups is 2. The predicted octanol–water partition coefficient (Wildman–Crippen LogP) is 1.83. The smallest absolute Gasteiger partial charge is 0.323 e. The summed E-state index contributed by atoms with van der Waals surface area (Å²) in [6.07, 6.45) is 2.43. The highest BCUT2D eigenvalue weighted by Crippen LogP contribution is 2.19. The first kappa shape index (κ1) is 14.3. The van der Waals surface area contributed by atoms with Crippen LogP contribution in [0.5, 0.6) is 0 Å². The van der Waals surface area contributed by atoms with E-state index in [0.717, 1.165) is 6.42 Å². The van der Waals surface area contributed by atoms with Crippen molar-refractivity contribution in [2.24, 2.45) is 0 Å². The summed E-state index contributed by atoms with van der Waals surface area (Å²) in [5.74, 6) is -1.12. The number of aromatic nitrogens is 1. The van der Waals surface area contributed by atoms with Gasteiger partial charge >= 0.3 is 5.97 Å². The third-order valence-corrected chi connectivity index (χ3v) is 3.43. The van der Waals surface area contributed by atoms with Crippen LogP contribution < -0.4 is 0 Å². The van der Waals surface area contributed by atoms with Crippen molar-refractivity contribution >= 4 is 11.9 Å². The number of amides is 1. The van der Waals surface area contributed by atoms with Crippen molar-refractivity contribution in [3.05, 3.63) is 24.0 Å². The summed E-state index contributed by atoms with van der Waals surface area (Å²) in [7, 11) is 1.74. The minimum Gasteiger partial charge on any atom is -0.480 e. The van der Waals surface area contributed by atoms with Crippen LogP contribution in [0.25, 0.3) is 0 Å². The van der Waals surface area contributed by atoms with E-state index in [4.69, 9.17) is 5.11 Å². The highest BCUT2D eigenvalue weighted by atomic mass is 16.4. The molecule has 0 aliphatic heterocycles. The molecule has 0 aliphatic rings. The normalized spacial score (nSPS) is 11.3. The molecule has 0 saturated heterocycles. The standard InChI is InChI=1S/C13H20N2O3/c1-5-13(2,3)14(4)12(18)10-7-6-8-15(10)9-11(16)17/h6-8H,5,9H2,1-4H3,(H,16,17). The lowest BCUT2D eigenvalue weighted by molar-refractivity contribution is -0.137. The summed E-state index contributed by atoms with van der Waals surface area (Å²) in [6, 6.07) is 3.33. The first-order chi connectivity index (χ1) is 8.29. The van der Waals surface area contributed by atoms with Crippen LogP contribution in [-0.2, 0) is 11.3 Å². The maximum Gasteiger partial charge on any atom is 0.323 e. The van der Waals surface area contributed by atoms with Crippen molar-refractivity contribution < 1.29 is 14.7 Å². The van der Waals surface area contributed by atoms with E-state index < -0.39 is 5.97 Å². The topological polar surface area (TPSA) is 62.5 Å². The quantitative estimate of drug-likeness (QED) is 0.869. The van der Waals surface area contributed by atoms with Crippen LogP contribution >= 0.6 is 0 Å². The minimum atomic E-state index is -0.961. The Balaban J connectivity index is 2.97. The predicted molar refractivity (Wildman–Crippen MR) is 68.5 cm³/mol. The molecule has 18 heavy (non-hydrogen) atoms. The van der Waals surface area contributed by atoms with Gasteiger partial charge in [-0.3, -0.25) is 9.59 Å². The first-order valence-corrected chi connectivity index (χ1v) is 5.94. The average Bonchev–Trinajstić information content (AvgIpc) is 2.74. The summed E-state index contributed by atoms with van der Waals surface area (Å²) < 4.78 is 1.45. The SMILES string of the molecule is CCC(C)(C)N(C)C(=O)c1cccn1CC(=O)O. The maximum atomic E-state index is 12.3. The van der Waals surface area contributed by atoms with Crippen molar-refractivity contribution in [2.45, 2.75) is 39.3 Å². The van der Waals surface area contributed by atoms with Crippen molar-refractivity contribution in [1.82, 2.24) is 9.47 Å². The molecule has 0 spiro atoms. The molecule has 1 heterocycles. The van der Waals surface area contributed by atoms with Gasteiger partial charge in [0.2, 0.25) is 0 Å². The zero-order chi connectivity index (χ0) is 13.9. The third-order valence-electron chi connectivity index (χ3n) is 3.43. The molecule has 0 unspecified atom stereocenters. The second-order valence-electron chi connectivity index (χ2n) is 4.95. The Morgan fingerprint density at radius 3 is 2.56 bits per heavy atom. The van der Waals surface area contributed by atoms with E-state index in [9.17, 15) is 9.59 Å². The number of rotatable bonds is 5. The van der Waals surface area contributed by atoms with E-state index >= 15 is 0 Å². The van der Waals surface area contributed by atoms with Crippen LogP contribution in [0.3, 0.4) is 0 Å². The van der Waals surface area contributed by atoms with Gasteiger partial charge in [-0.1, -0.05) is 6.92 Å². The number of nitrogens with zero attached hydrogens (tertiary/aromatic N) is 2. The zero-order valence-corrected chi connectivity index (χ0v) is 11.3. The second-order valence-corrected chi connectivity index (χ2v) is 4.95. The van der Waals surface area contributed by atoms with Gasteiger partial charge in [-0.2, -0.15) is 0 Å². The Kier molecular flexibility index (Phi) is 4.16. The lowest BCUT2D eigenvalue weighted by Gasteiger charge is -2.35. The number of carboxylic acids is 1.